The molecule has 0 aliphatic carbocycles. The first-order valence-electron chi connectivity index (χ1n) is 4.85. The first-order chi connectivity index (χ1) is 7.17. The van der Waals surface area contributed by atoms with Crippen molar-refractivity contribution in [3.05, 3.63) is 39.8 Å². The second kappa shape index (κ2) is 5.27. The van der Waals surface area contributed by atoms with E-state index in [0.717, 1.165) is 17.7 Å². The Kier molecular flexibility index (Phi) is 4.01. The molecule has 0 heterocycles. The van der Waals surface area contributed by atoms with E-state index in [0.29, 0.717) is 0 Å². The Morgan fingerprint density at radius 1 is 1.53 bits per heavy atom. The number of nitrogens with zero attached hydrogens (tertiary/aromatic N) is 3. The Hall–Kier alpha value is -1.67. The van der Waals surface area contributed by atoms with Crippen LogP contribution in [0.5, 0.6) is 5.75 Å². The first-order valence-corrected chi connectivity index (χ1v) is 4.85. The summed E-state index contributed by atoms with van der Waals surface area (Å²) in [6, 6.07) is 5.90. The van der Waals surface area contributed by atoms with E-state index in [1.807, 2.05) is 32.0 Å². The molecule has 0 fully saturated rings. The van der Waals surface area contributed by atoms with Gasteiger partial charge in [-0.2, -0.15) is 0 Å². The van der Waals surface area contributed by atoms with Crippen molar-refractivity contribution in [2.75, 3.05) is 7.11 Å². The first kappa shape index (κ1) is 11.4. The zero-order chi connectivity index (χ0) is 11.3. The molecule has 1 atom stereocenters. The summed E-state index contributed by atoms with van der Waals surface area (Å²) in [7, 11) is 1.64. The van der Waals surface area contributed by atoms with Crippen LogP contribution < -0.4 is 4.74 Å². The second-order valence-electron chi connectivity index (χ2n) is 3.55. The van der Waals surface area contributed by atoms with Crippen molar-refractivity contribution in [2.45, 2.75) is 26.3 Å². The summed E-state index contributed by atoms with van der Waals surface area (Å²) in [5.74, 6) is 0.837. The third-order valence-electron chi connectivity index (χ3n) is 2.32. The van der Waals surface area contributed by atoms with Gasteiger partial charge in [-0.1, -0.05) is 18.1 Å². The van der Waals surface area contributed by atoms with Gasteiger partial charge in [0.25, 0.3) is 0 Å². The van der Waals surface area contributed by atoms with Crippen LogP contribution in [0.4, 0.5) is 0 Å². The van der Waals surface area contributed by atoms with Crippen molar-refractivity contribution >= 4 is 0 Å². The number of azide groups is 1. The number of hydrogen-bond acceptors (Lipinski definition) is 2. The maximum absolute atomic E-state index is 8.32. The fourth-order valence-electron chi connectivity index (χ4n) is 1.44. The molecular formula is C11H15N3O. The minimum absolute atomic E-state index is 0.0270. The molecule has 0 aliphatic heterocycles. The van der Waals surface area contributed by atoms with Gasteiger partial charge in [0.15, 0.2) is 0 Å². The topological polar surface area (TPSA) is 58.0 Å². The van der Waals surface area contributed by atoms with E-state index < -0.39 is 0 Å². The zero-order valence-electron chi connectivity index (χ0n) is 9.27. The average Bonchev–Trinajstić information content (AvgIpc) is 2.21. The monoisotopic (exact) mass is 205 g/mol. The van der Waals surface area contributed by atoms with Gasteiger partial charge in [-0.3, -0.25) is 0 Å². The molecule has 1 aromatic rings. The van der Waals surface area contributed by atoms with Gasteiger partial charge in [0.1, 0.15) is 5.75 Å². The van der Waals surface area contributed by atoms with Crippen LogP contribution in [-0.2, 0) is 6.42 Å². The predicted octanol–water partition coefficient (Wildman–Crippen LogP) is 3.24. The highest BCUT2D eigenvalue weighted by molar-refractivity contribution is 5.35. The van der Waals surface area contributed by atoms with Crippen LogP contribution in [-0.4, -0.2) is 13.2 Å². The Morgan fingerprint density at radius 2 is 2.27 bits per heavy atom. The summed E-state index contributed by atoms with van der Waals surface area (Å²) < 4.78 is 5.15. The van der Waals surface area contributed by atoms with E-state index in [1.165, 1.54) is 5.56 Å². The molecule has 0 N–H and O–H groups in total. The predicted molar refractivity (Wildman–Crippen MR) is 60.0 cm³/mol. The van der Waals surface area contributed by atoms with Crippen molar-refractivity contribution < 1.29 is 4.74 Å². The highest BCUT2D eigenvalue weighted by Gasteiger charge is 2.05. The molecule has 80 valence electrons. The summed E-state index contributed by atoms with van der Waals surface area (Å²) in [5.41, 5.74) is 10.7. The van der Waals surface area contributed by atoms with Crippen molar-refractivity contribution in [1.29, 1.82) is 0 Å². The molecule has 0 saturated heterocycles. The van der Waals surface area contributed by atoms with E-state index in [1.54, 1.807) is 7.11 Å². The number of aryl methyl sites for hydroxylation is 1. The lowest BCUT2D eigenvalue weighted by molar-refractivity contribution is 0.414. The van der Waals surface area contributed by atoms with Gasteiger partial charge < -0.3 is 4.74 Å². The van der Waals surface area contributed by atoms with Gasteiger partial charge in [0.2, 0.25) is 0 Å². The normalized spacial score (nSPS) is 11.7. The van der Waals surface area contributed by atoms with Crippen LogP contribution in [0, 0.1) is 6.92 Å². The molecule has 0 radical (unpaired) electrons. The van der Waals surface area contributed by atoms with Crippen molar-refractivity contribution in [3.63, 3.8) is 0 Å². The molecule has 1 rings (SSSR count). The summed E-state index contributed by atoms with van der Waals surface area (Å²) in [4.78, 5) is 2.80. The summed E-state index contributed by atoms with van der Waals surface area (Å²) in [6.07, 6.45) is 0.743. The van der Waals surface area contributed by atoms with Gasteiger partial charge in [0.05, 0.1) is 7.11 Å². The van der Waals surface area contributed by atoms with E-state index >= 15 is 0 Å². The zero-order valence-corrected chi connectivity index (χ0v) is 9.27. The van der Waals surface area contributed by atoms with Gasteiger partial charge in [-0.05, 0) is 42.1 Å². The lowest BCUT2D eigenvalue weighted by Crippen LogP contribution is -2.03. The lowest BCUT2D eigenvalue weighted by Gasteiger charge is -2.10. The lowest BCUT2D eigenvalue weighted by atomic mass is 10.0. The van der Waals surface area contributed by atoms with E-state index in [-0.39, 0.29) is 6.04 Å². The molecule has 0 unspecified atom stereocenters. The van der Waals surface area contributed by atoms with Crippen LogP contribution in [0.1, 0.15) is 18.1 Å². The molecule has 15 heavy (non-hydrogen) atoms. The van der Waals surface area contributed by atoms with Crippen LogP contribution in [0.25, 0.3) is 10.4 Å². The minimum Gasteiger partial charge on any atom is -0.497 e. The van der Waals surface area contributed by atoms with Crippen LogP contribution >= 0.6 is 0 Å². The Balaban J connectivity index is 2.87. The molecule has 0 aromatic heterocycles. The van der Waals surface area contributed by atoms with Gasteiger partial charge >= 0.3 is 0 Å². The van der Waals surface area contributed by atoms with Gasteiger partial charge in [-0.15, -0.1) is 0 Å². The molecule has 0 spiro atoms. The molecule has 1 aromatic carbocycles. The fraction of sp³-hybridized carbons (Fsp3) is 0.455. The highest BCUT2D eigenvalue weighted by atomic mass is 16.5. The number of ether oxygens (including phenoxy) is 1. The fourth-order valence-corrected chi connectivity index (χ4v) is 1.44. The number of benzene rings is 1. The summed E-state index contributed by atoms with van der Waals surface area (Å²) in [5, 5.41) is 3.66. The van der Waals surface area contributed by atoms with E-state index in [4.69, 9.17) is 10.3 Å². The molecular weight excluding hydrogens is 190 g/mol. The number of hydrogen-bond donors (Lipinski definition) is 0. The highest BCUT2D eigenvalue weighted by Crippen LogP contribution is 2.19. The maximum atomic E-state index is 8.32. The van der Waals surface area contributed by atoms with Crippen LogP contribution in [0.3, 0.4) is 0 Å². The SMILES string of the molecule is COc1ccc(C)c(C[C@H](C)N=[N+]=[N-])c1. The molecule has 0 bridgehead atoms. The standard InChI is InChI=1S/C11H15N3O/c1-8-4-5-11(15-3)7-10(8)6-9(2)13-14-12/h4-5,7,9H,6H2,1-3H3/t9-/m0/s1. The van der Waals surface area contributed by atoms with Crippen molar-refractivity contribution in [1.82, 2.24) is 0 Å². The average molecular weight is 205 g/mol. The summed E-state index contributed by atoms with van der Waals surface area (Å²) in [6.45, 7) is 3.94. The second-order valence-corrected chi connectivity index (χ2v) is 3.55. The van der Waals surface area contributed by atoms with Gasteiger partial charge in [0, 0.05) is 11.0 Å². The van der Waals surface area contributed by atoms with Crippen molar-refractivity contribution in [3.8, 4) is 5.75 Å². The summed E-state index contributed by atoms with van der Waals surface area (Å²) >= 11 is 0. The molecule has 0 amide bonds. The quantitative estimate of drug-likeness (QED) is 0.423. The smallest absolute Gasteiger partial charge is 0.119 e. The Labute approximate surface area is 89.5 Å². The Morgan fingerprint density at radius 3 is 2.87 bits per heavy atom. The van der Waals surface area contributed by atoms with Gasteiger partial charge in [-0.25, -0.2) is 0 Å². The molecule has 4 nitrogen and oxygen atoms in total. The largest absolute Gasteiger partial charge is 0.497 e. The van der Waals surface area contributed by atoms with E-state index in [2.05, 4.69) is 10.0 Å². The third-order valence-corrected chi connectivity index (χ3v) is 2.32. The van der Waals surface area contributed by atoms with E-state index in [9.17, 15) is 0 Å². The van der Waals surface area contributed by atoms with Crippen molar-refractivity contribution in [2.24, 2.45) is 5.11 Å². The minimum atomic E-state index is -0.0270. The third kappa shape index (κ3) is 3.18. The Bertz CT molecular complexity index is 383. The molecule has 4 heteroatoms. The molecule has 0 aliphatic rings. The van der Waals surface area contributed by atoms with Crippen LogP contribution in [0.15, 0.2) is 23.3 Å². The maximum Gasteiger partial charge on any atom is 0.119 e. The number of methoxy groups -OCH3 is 1. The van der Waals surface area contributed by atoms with Crippen LogP contribution in [0.2, 0.25) is 0 Å². The molecule has 0 saturated carbocycles. The number of rotatable bonds is 4.